The van der Waals surface area contributed by atoms with Crippen molar-refractivity contribution in [3.63, 3.8) is 0 Å². The largest absolute Gasteiger partial charge is 0.494 e. The van der Waals surface area contributed by atoms with Gasteiger partial charge < -0.3 is 15.4 Å². The molecule has 2 N–H and O–H groups in total. The second-order valence-corrected chi connectivity index (χ2v) is 5.69. The van der Waals surface area contributed by atoms with E-state index in [9.17, 15) is 14.4 Å². The van der Waals surface area contributed by atoms with Crippen LogP contribution in [0.2, 0.25) is 0 Å². The number of hydrogen-bond acceptors (Lipinski definition) is 4. The van der Waals surface area contributed by atoms with Gasteiger partial charge in [0.2, 0.25) is 11.8 Å². The number of ketones is 1. The maximum atomic E-state index is 12.3. The second-order valence-electron chi connectivity index (χ2n) is 5.69. The molecule has 6 nitrogen and oxygen atoms in total. The van der Waals surface area contributed by atoms with Crippen molar-refractivity contribution >= 4 is 17.6 Å². The molecule has 0 heterocycles. The van der Waals surface area contributed by atoms with E-state index in [1.807, 2.05) is 32.0 Å². The third-order valence-electron chi connectivity index (χ3n) is 3.70. The standard InChI is InChI=1S/C21H22N2O4.C2H6/c1-2-19(24)22-15-23-20(25)9-6-14-27-18-12-10-17(11-13-18)21(26)16-7-4-3-5-8-16;1-2/h2-5,7-8,10-13H,1,6,9,14-15H2,(H,22,24)(H,23,25);1-2H3. The number of benzene rings is 2. The van der Waals surface area contributed by atoms with E-state index in [1.54, 1.807) is 36.4 Å². The first-order valence-electron chi connectivity index (χ1n) is 9.59. The van der Waals surface area contributed by atoms with Gasteiger partial charge in [-0.25, -0.2) is 0 Å². The van der Waals surface area contributed by atoms with Crippen molar-refractivity contribution in [2.75, 3.05) is 13.3 Å². The first-order chi connectivity index (χ1) is 14.1. The fourth-order valence-corrected chi connectivity index (χ4v) is 2.27. The molecule has 2 amide bonds. The van der Waals surface area contributed by atoms with Crippen molar-refractivity contribution in [1.82, 2.24) is 10.6 Å². The smallest absolute Gasteiger partial charge is 0.244 e. The van der Waals surface area contributed by atoms with Crippen LogP contribution in [-0.2, 0) is 9.59 Å². The zero-order valence-electron chi connectivity index (χ0n) is 16.9. The summed E-state index contributed by atoms with van der Waals surface area (Å²) >= 11 is 0. The lowest BCUT2D eigenvalue weighted by atomic mass is 10.0. The van der Waals surface area contributed by atoms with Crippen LogP contribution in [0.4, 0.5) is 0 Å². The molecule has 0 saturated carbocycles. The molecule has 0 aliphatic heterocycles. The van der Waals surface area contributed by atoms with Crippen LogP contribution in [-0.4, -0.2) is 30.9 Å². The topological polar surface area (TPSA) is 84.5 Å². The van der Waals surface area contributed by atoms with E-state index in [0.29, 0.717) is 29.9 Å². The SMILES string of the molecule is C=CC(=O)NCNC(=O)CCCOc1ccc(C(=O)c2ccccc2)cc1.CC. The molecule has 29 heavy (non-hydrogen) atoms. The normalized spacial score (nSPS) is 9.45. The molecule has 2 aromatic carbocycles. The van der Waals surface area contributed by atoms with Crippen LogP contribution in [0, 0.1) is 0 Å². The van der Waals surface area contributed by atoms with Gasteiger partial charge in [-0.15, -0.1) is 0 Å². The Kier molecular flexibility index (Phi) is 11.2. The summed E-state index contributed by atoms with van der Waals surface area (Å²) in [7, 11) is 0. The van der Waals surface area contributed by atoms with Gasteiger partial charge in [0, 0.05) is 17.5 Å². The molecule has 6 heteroatoms. The predicted octanol–water partition coefficient (Wildman–Crippen LogP) is 3.48. The molecule has 0 atom stereocenters. The van der Waals surface area contributed by atoms with E-state index >= 15 is 0 Å². The highest BCUT2D eigenvalue weighted by Gasteiger charge is 2.08. The molecule has 154 valence electrons. The fraction of sp³-hybridized carbons (Fsp3) is 0.261. The first kappa shape index (κ1) is 23.6. The zero-order chi connectivity index (χ0) is 21.5. The molecule has 0 fully saturated rings. The molecule has 0 spiro atoms. The van der Waals surface area contributed by atoms with Gasteiger partial charge >= 0.3 is 0 Å². The summed E-state index contributed by atoms with van der Waals surface area (Å²) < 4.78 is 5.58. The maximum Gasteiger partial charge on any atom is 0.244 e. The monoisotopic (exact) mass is 396 g/mol. The highest BCUT2D eigenvalue weighted by Crippen LogP contribution is 2.15. The molecule has 0 unspecified atom stereocenters. The van der Waals surface area contributed by atoms with E-state index < -0.39 is 0 Å². The summed E-state index contributed by atoms with van der Waals surface area (Å²) in [6.07, 6.45) is 1.96. The van der Waals surface area contributed by atoms with Crippen LogP contribution in [0.5, 0.6) is 5.75 Å². The number of ether oxygens (including phenoxy) is 1. The van der Waals surface area contributed by atoms with Crippen LogP contribution in [0.15, 0.2) is 67.3 Å². The summed E-state index contributed by atoms with van der Waals surface area (Å²) in [6, 6.07) is 16.0. The number of nitrogens with one attached hydrogen (secondary N) is 2. The molecule has 0 radical (unpaired) electrons. The average Bonchev–Trinajstić information content (AvgIpc) is 2.78. The minimum absolute atomic E-state index is 0.0395. The highest BCUT2D eigenvalue weighted by atomic mass is 16.5. The lowest BCUT2D eigenvalue weighted by molar-refractivity contribution is -0.121. The summed E-state index contributed by atoms with van der Waals surface area (Å²) in [6.45, 7) is 7.76. The van der Waals surface area contributed by atoms with E-state index in [4.69, 9.17) is 4.74 Å². The molecular weight excluding hydrogens is 368 g/mol. The van der Waals surface area contributed by atoms with Gasteiger partial charge in [-0.3, -0.25) is 14.4 Å². The van der Waals surface area contributed by atoms with E-state index in [1.165, 1.54) is 0 Å². The van der Waals surface area contributed by atoms with Crippen LogP contribution in [0.3, 0.4) is 0 Å². The number of amides is 2. The number of hydrogen-bond donors (Lipinski definition) is 2. The van der Waals surface area contributed by atoms with Gasteiger partial charge in [0.15, 0.2) is 5.78 Å². The van der Waals surface area contributed by atoms with Crippen LogP contribution in [0.25, 0.3) is 0 Å². The molecule has 0 aliphatic rings. The van der Waals surface area contributed by atoms with Crippen LogP contribution in [0.1, 0.15) is 42.6 Å². The van der Waals surface area contributed by atoms with E-state index in [2.05, 4.69) is 17.2 Å². The van der Waals surface area contributed by atoms with Crippen molar-refractivity contribution in [2.45, 2.75) is 26.7 Å². The van der Waals surface area contributed by atoms with Gasteiger partial charge in [0.05, 0.1) is 13.3 Å². The summed E-state index contributed by atoms with van der Waals surface area (Å²) in [4.78, 5) is 34.9. The first-order valence-corrected chi connectivity index (χ1v) is 9.59. The lowest BCUT2D eigenvalue weighted by Crippen LogP contribution is -2.36. The van der Waals surface area contributed by atoms with Gasteiger partial charge in [-0.2, -0.15) is 0 Å². The Hall–Kier alpha value is -3.41. The van der Waals surface area contributed by atoms with Crippen molar-refractivity contribution in [1.29, 1.82) is 0 Å². The Morgan fingerprint density at radius 3 is 2.17 bits per heavy atom. The summed E-state index contributed by atoms with van der Waals surface area (Å²) in [5.41, 5.74) is 1.23. The third kappa shape index (κ3) is 8.88. The van der Waals surface area contributed by atoms with E-state index in [0.717, 1.165) is 6.08 Å². The summed E-state index contributed by atoms with van der Waals surface area (Å²) in [5.74, 6) is 0.0835. The van der Waals surface area contributed by atoms with Gasteiger partial charge in [-0.05, 0) is 36.8 Å². The molecule has 0 aromatic heterocycles. The quantitative estimate of drug-likeness (QED) is 0.279. The van der Waals surface area contributed by atoms with Gasteiger partial charge in [0.1, 0.15) is 5.75 Å². The second kappa shape index (κ2) is 13.7. The highest BCUT2D eigenvalue weighted by molar-refractivity contribution is 6.08. The number of carbonyl (C=O) groups is 3. The van der Waals surface area contributed by atoms with Crippen molar-refractivity contribution in [2.24, 2.45) is 0 Å². The minimum atomic E-state index is -0.340. The molecule has 0 bridgehead atoms. The Bertz CT molecular complexity index is 786. The van der Waals surface area contributed by atoms with Crippen molar-refractivity contribution in [3.05, 3.63) is 78.4 Å². The van der Waals surface area contributed by atoms with Crippen LogP contribution >= 0.6 is 0 Å². The Labute approximate surface area is 172 Å². The minimum Gasteiger partial charge on any atom is -0.494 e. The van der Waals surface area contributed by atoms with Crippen LogP contribution < -0.4 is 15.4 Å². The molecule has 2 rings (SSSR count). The Morgan fingerprint density at radius 2 is 1.55 bits per heavy atom. The lowest BCUT2D eigenvalue weighted by Gasteiger charge is -2.08. The maximum absolute atomic E-state index is 12.3. The molecule has 0 aliphatic carbocycles. The predicted molar refractivity (Wildman–Crippen MR) is 114 cm³/mol. The molecule has 0 saturated heterocycles. The third-order valence-corrected chi connectivity index (χ3v) is 3.70. The number of rotatable bonds is 10. The van der Waals surface area contributed by atoms with Gasteiger partial charge in [0.25, 0.3) is 0 Å². The molecule has 2 aromatic rings. The fourth-order valence-electron chi connectivity index (χ4n) is 2.27. The number of carbonyl (C=O) groups excluding carboxylic acids is 3. The Morgan fingerprint density at radius 1 is 0.931 bits per heavy atom. The van der Waals surface area contributed by atoms with Crippen molar-refractivity contribution < 1.29 is 19.1 Å². The van der Waals surface area contributed by atoms with Crippen molar-refractivity contribution in [3.8, 4) is 5.75 Å². The summed E-state index contributed by atoms with van der Waals surface area (Å²) in [5, 5.41) is 5.03. The van der Waals surface area contributed by atoms with E-state index in [-0.39, 0.29) is 30.7 Å². The zero-order valence-corrected chi connectivity index (χ0v) is 16.9. The van der Waals surface area contributed by atoms with Gasteiger partial charge in [-0.1, -0.05) is 50.8 Å². The Balaban J connectivity index is 0.00000204. The average molecular weight is 396 g/mol. The molecular formula is C23H28N2O4.